The number of rotatable bonds is 7. The van der Waals surface area contributed by atoms with Crippen molar-refractivity contribution in [3.05, 3.63) is 82.2 Å². The van der Waals surface area contributed by atoms with E-state index in [9.17, 15) is 23.2 Å². The van der Waals surface area contributed by atoms with Gasteiger partial charge in [0, 0.05) is 24.8 Å². The summed E-state index contributed by atoms with van der Waals surface area (Å²) in [5.41, 5.74) is 3.93. The Morgan fingerprint density at radius 3 is 2.46 bits per heavy atom. The van der Waals surface area contributed by atoms with Crippen molar-refractivity contribution in [2.24, 2.45) is 0 Å². The normalized spacial score (nSPS) is 10.9. The topological polar surface area (TPSA) is 119 Å². The van der Waals surface area contributed by atoms with Crippen molar-refractivity contribution in [2.75, 3.05) is 0 Å². The summed E-state index contributed by atoms with van der Waals surface area (Å²) in [6.45, 7) is 2.22. The molecule has 0 spiro atoms. The summed E-state index contributed by atoms with van der Waals surface area (Å²) in [6.07, 6.45) is 1.73. The van der Waals surface area contributed by atoms with E-state index in [-0.39, 0.29) is 41.3 Å². The number of halogens is 2. The van der Waals surface area contributed by atoms with Crippen LogP contribution in [0.3, 0.4) is 0 Å². The molecule has 0 radical (unpaired) electrons. The van der Waals surface area contributed by atoms with Gasteiger partial charge in [0.1, 0.15) is 11.6 Å². The third-order valence-electron chi connectivity index (χ3n) is 5.16. The Morgan fingerprint density at radius 2 is 1.74 bits per heavy atom. The summed E-state index contributed by atoms with van der Waals surface area (Å²) in [7, 11) is 0. The van der Waals surface area contributed by atoms with Crippen LogP contribution in [0.25, 0.3) is 22.1 Å². The Morgan fingerprint density at radius 1 is 1.03 bits per heavy atom. The minimum Gasteiger partial charge on any atom is -0.441 e. The molecule has 0 aliphatic rings. The zero-order valence-electron chi connectivity index (χ0n) is 18.7. The van der Waals surface area contributed by atoms with Crippen LogP contribution in [0.1, 0.15) is 36.1 Å². The van der Waals surface area contributed by atoms with Crippen LogP contribution >= 0.6 is 0 Å². The van der Waals surface area contributed by atoms with Gasteiger partial charge in [0.25, 0.3) is 11.5 Å². The van der Waals surface area contributed by atoms with Gasteiger partial charge in [-0.3, -0.25) is 25.2 Å². The maximum atomic E-state index is 13.9. The molecule has 2 aromatic carbocycles. The molecule has 2 N–H and O–H groups in total. The van der Waals surface area contributed by atoms with Crippen molar-refractivity contribution in [3.8, 4) is 11.3 Å². The third kappa shape index (κ3) is 5.08. The second-order valence-electron chi connectivity index (χ2n) is 7.64. The lowest BCUT2D eigenvalue weighted by molar-refractivity contribution is -0.121. The number of oxazole rings is 1. The summed E-state index contributed by atoms with van der Waals surface area (Å²) in [6, 6.07) is 10.0. The van der Waals surface area contributed by atoms with Crippen LogP contribution in [0.4, 0.5) is 8.78 Å². The predicted molar refractivity (Wildman–Crippen MR) is 122 cm³/mol. The Kier molecular flexibility index (Phi) is 6.95. The first-order valence-electron chi connectivity index (χ1n) is 10.9. The number of nitrogens with zero attached hydrogens (tertiary/aromatic N) is 3. The minimum atomic E-state index is -0.792. The fraction of sp³-hybridized carbons (Fsp3) is 0.208. The highest BCUT2D eigenvalue weighted by atomic mass is 19.1. The van der Waals surface area contributed by atoms with Crippen molar-refractivity contribution < 1.29 is 22.8 Å². The van der Waals surface area contributed by atoms with Crippen LogP contribution in [0.2, 0.25) is 0 Å². The average molecular weight is 481 g/mol. The lowest BCUT2D eigenvalue weighted by Gasteiger charge is -2.11. The number of aryl methyl sites for hydroxylation is 2. The lowest BCUT2D eigenvalue weighted by Crippen LogP contribution is -2.43. The van der Waals surface area contributed by atoms with Gasteiger partial charge in [-0.25, -0.2) is 18.4 Å². The van der Waals surface area contributed by atoms with Crippen LogP contribution in [-0.2, 0) is 17.8 Å². The van der Waals surface area contributed by atoms with E-state index in [4.69, 9.17) is 4.42 Å². The summed E-state index contributed by atoms with van der Waals surface area (Å²) < 4.78 is 34.4. The SMILES string of the molecule is CCCn1nc(C(=O)NNC(=O)CCc2ncc(-c3c(F)cccc3F)o2)c2ccccc2c1=O. The Labute approximate surface area is 197 Å². The molecule has 0 aliphatic heterocycles. The van der Waals surface area contributed by atoms with E-state index >= 15 is 0 Å². The monoisotopic (exact) mass is 481 g/mol. The molecule has 4 rings (SSSR count). The zero-order chi connectivity index (χ0) is 24.9. The van der Waals surface area contributed by atoms with Gasteiger partial charge in [0.2, 0.25) is 5.91 Å². The van der Waals surface area contributed by atoms with E-state index in [0.29, 0.717) is 23.7 Å². The smallest absolute Gasteiger partial charge is 0.290 e. The number of amides is 2. The van der Waals surface area contributed by atoms with Gasteiger partial charge in [-0.15, -0.1) is 0 Å². The molecule has 0 unspecified atom stereocenters. The summed E-state index contributed by atoms with van der Waals surface area (Å²) in [5, 5.41) is 4.87. The van der Waals surface area contributed by atoms with Crippen molar-refractivity contribution in [3.63, 3.8) is 0 Å². The number of carbonyl (C=O) groups excluding carboxylic acids is 2. The number of hydrogen-bond acceptors (Lipinski definition) is 6. The lowest BCUT2D eigenvalue weighted by atomic mass is 10.1. The van der Waals surface area contributed by atoms with Crippen LogP contribution < -0.4 is 16.4 Å². The van der Waals surface area contributed by atoms with E-state index in [0.717, 1.165) is 12.1 Å². The highest BCUT2D eigenvalue weighted by Gasteiger charge is 2.18. The Bertz CT molecular complexity index is 1440. The van der Waals surface area contributed by atoms with Crippen molar-refractivity contribution in [1.82, 2.24) is 25.6 Å². The second-order valence-corrected chi connectivity index (χ2v) is 7.64. The molecule has 2 amide bonds. The standard InChI is InChI=1S/C24H21F2N5O4/c1-2-12-31-24(34)15-7-4-3-6-14(15)22(30-31)23(33)29-28-19(32)10-11-20-27-13-18(35-20)21-16(25)8-5-9-17(21)26/h3-9,13H,2,10-12H2,1H3,(H,28,32)(H,29,33). The molecule has 0 saturated heterocycles. The number of hydrazine groups is 1. The number of hydrogen-bond donors (Lipinski definition) is 2. The van der Waals surface area contributed by atoms with Crippen LogP contribution in [0, 0.1) is 11.6 Å². The van der Waals surface area contributed by atoms with Gasteiger partial charge in [-0.1, -0.05) is 31.2 Å². The molecule has 0 saturated carbocycles. The molecule has 9 nitrogen and oxygen atoms in total. The third-order valence-corrected chi connectivity index (χ3v) is 5.16. The van der Waals surface area contributed by atoms with Crippen molar-refractivity contribution in [1.29, 1.82) is 0 Å². The summed E-state index contributed by atoms with van der Waals surface area (Å²) in [5.74, 6) is -2.82. The summed E-state index contributed by atoms with van der Waals surface area (Å²) >= 11 is 0. The number of carbonyl (C=O) groups is 2. The molecule has 0 aliphatic carbocycles. The molecule has 0 fully saturated rings. The zero-order valence-corrected chi connectivity index (χ0v) is 18.7. The maximum absolute atomic E-state index is 13.9. The van der Waals surface area contributed by atoms with Gasteiger partial charge >= 0.3 is 0 Å². The number of aromatic nitrogens is 3. The molecule has 2 aromatic heterocycles. The van der Waals surface area contributed by atoms with E-state index in [1.165, 1.54) is 16.9 Å². The maximum Gasteiger partial charge on any atom is 0.290 e. The van der Waals surface area contributed by atoms with E-state index in [1.54, 1.807) is 24.3 Å². The molecule has 35 heavy (non-hydrogen) atoms. The van der Waals surface area contributed by atoms with Crippen molar-refractivity contribution >= 4 is 22.6 Å². The first-order chi connectivity index (χ1) is 16.9. The number of benzene rings is 2. The second kappa shape index (κ2) is 10.2. The van der Waals surface area contributed by atoms with Crippen molar-refractivity contribution in [2.45, 2.75) is 32.7 Å². The first-order valence-corrected chi connectivity index (χ1v) is 10.9. The van der Waals surface area contributed by atoms with Crippen LogP contribution in [0.5, 0.6) is 0 Å². The van der Waals surface area contributed by atoms with Crippen LogP contribution in [0.15, 0.2) is 57.9 Å². The summed E-state index contributed by atoms with van der Waals surface area (Å²) in [4.78, 5) is 41.5. The van der Waals surface area contributed by atoms with E-state index < -0.39 is 23.4 Å². The highest BCUT2D eigenvalue weighted by molar-refractivity contribution is 6.05. The van der Waals surface area contributed by atoms with Crippen LogP contribution in [-0.4, -0.2) is 26.6 Å². The quantitative estimate of drug-likeness (QED) is 0.392. The van der Waals surface area contributed by atoms with Gasteiger partial charge < -0.3 is 4.42 Å². The predicted octanol–water partition coefficient (Wildman–Crippen LogP) is 3.13. The van der Waals surface area contributed by atoms with E-state index in [2.05, 4.69) is 20.9 Å². The molecule has 180 valence electrons. The Balaban J connectivity index is 1.40. The fourth-order valence-electron chi connectivity index (χ4n) is 3.51. The highest BCUT2D eigenvalue weighted by Crippen LogP contribution is 2.26. The number of nitrogens with one attached hydrogen (secondary N) is 2. The fourth-order valence-corrected chi connectivity index (χ4v) is 3.51. The molecule has 11 heteroatoms. The van der Waals surface area contributed by atoms with Gasteiger partial charge in [-0.2, -0.15) is 5.10 Å². The molecule has 4 aromatic rings. The molecule has 2 heterocycles. The van der Waals surface area contributed by atoms with Gasteiger partial charge in [-0.05, 0) is 24.6 Å². The first kappa shape index (κ1) is 23.7. The molecular formula is C24H21F2N5O4. The van der Waals surface area contributed by atoms with Gasteiger partial charge in [0.15, 0.2) is 17.3 Å². The van der Waals surface area contributed by atoms with E-state index in [1.807, 2.05) is 6.92 Å². The largest absolute Gasteiger partial charge is 0.441 e. The van der Waals surface area contributed by atoms with Gasteiger partial charge in [0.05, 0.1) is 17.1 Å². The number of fused-ring (bicyclic) bond motifs is 1. The molecule has 0 bridgehead atoms. The molecule has 0 atom stereocenters. The minimum absolute atomic E-state index is 0.00166. The Hall–Kier alpha value is -4.41. The average Bonchev–Trinajstić information content (AvgIpc) is 3.31. The molecular weight excluding hydrogens is 460 g/mol.